The van der Waals surface area contributed by atoms with Crippen LogP contribution < -0.4 is 20.1 Å². The monoisotopic (exact) mass is 396 g/mol. The average Bonchev–Trinajstić information content (AvgIpc) is 2.68. The molecule has 0 atom stereocenters. The lowest BCUT2D eigenvalue weighted by molar-refractivity contribution is -0.128. The minimum Gasteiger partial charge on any atom is -0.493 e. The third-order valence-electron chi connectivity index (χ3n) is 5.01. The van der Waals surface area contributed by atoms with Gasteiger partial charge in [-0.05, 0) is 31.4 Å². The predicted molar refractivity (Wildman–Crippen MR) is 106 cm³/mol. The molecule has 0 aliphatic heterocycles. The molecule has 1 aliphatic rings. The summed E-state index contributed by atoms with van der Waals surface area (Å²) in [7, 11) is 2.97. The minimum atomic E-state index is -0.872. The number of ether oxygens (including phenoxy) is 2. The summed E-state index contributed by atoms with van der Waals surface area (Å²) in [5.74, 6) is 0.307. The predicted octanol–water partition coefficient (Wildman–Crippen LogP) is 3.71. The van der Waals surface area contributed by atoms with Crippen molar-refractivity contribution in [3.8, 4) is 11.5 Å². The summed E-state index contributed by atoms with van der Waals surface area (Å²) < 4.78 is 10.5. The first-order chi connectivity index (χ1) is 13.0. The van der Waals surface area contributed by atoms with Crippen molar-refractivity contribution >= 4 is 23.4 Å². The highest BCUT2D eigenvalue weighted by molar-refractivity contribution is 6.32. The van der Waals surface area contributed by atoms with Gasteiger partial charge in [0.1, 0.15) is 5.54 Å². The second-order valence-corrected chi connectivity index (χ2v) is 7.31. The number of carbonyl (C=O) groups excluding carboxylic acids is 2. The van der Waals surface area contributed by atoms with E-state index >= 15 is 0 Å². The zero-order valence-electron chi connectivity index (χ0n) is 16.3. The van der Waals surface area contributed by atoms with Gasteiger partial charge < -0.3 is 20.1 Å². The van der Waals surface area contributed by atoms with Gasteiger partial charge in [0, 0.05) is 12.1 Å². The van der Waals surface area contributed by atoms with E-state index in [1.807, 2.05) is 0 Å². The Morgan fingerprint density at radius 2 is 1.85 bits per heavy atom. The van der Waals surface area contributed by atoms with Crippen molar-refractivity contribution in [2.75, 3.05) is 20.8 Å². The van der Waals surface area contributed by atoms with E-state index in [2.05, 4.69) is 17.6 Å². The van der Waals surface area contributed by atoms with Crippen molar-refractivity contribution in [2.24, 2.45) is 0 Å². The molecule has 0 unspecified atom stereocenters. The van der Waals surface area contributed by atoms with Crippen LogP contribution in [0.15, 0.2) is 12.1 Å². The van der Waals surface area contributed by atoms with Crippen LogP contribution in [0.3, 0.4) is 0 Å². The molecule has 1 fully saturated rings. The molecule has 0 heterocycles. The van der Waals surface area contributed by atoms with E-state index in [-0.39, 0.29) is 16.8 Å². The SMILES string of the molecule is CCCCNC(=O)C1(NC(=O)c2cc(Cl)c(OC)c(OC)c2)CCCCC1. The Balaban J connectivity index is 2.23. The van der Waals surface area contributed by atoms with E-state index in [0.29, 0.717) is 36.4 Å². The van der Waals surface area contributed by atoms with Gasteiger partial charge in [0.05, 0.1) is 19.2 Å². The lowest BCUT2D eigenvalue weighted by Crippen LogP contribution is -2.59. The van der Waals surface area contributed by atoms with E-state index in [0.717, 1.165) is 32.1 Å². The highest BCUT2D eigenvalue weighted by Gasteiger charge is 2.40. The molecule has 2 rings (SSSR count). The third-order valence-corrected chi connectivity index (χ3v) is 5.29. The zero-order valence-corrected chi connectivity index (χ0v) is 17.1. The van der Waals surface area contributed by atoms with Gasteiger partial charge in [-0.1, -0.05) is 44.2 Å². The molecule has 7 heteroatoms. The number of nitrogens with one attached hydrogen (secondary N) is 2. The summed E-state index contributed by atoms with van der Waals surface area (Å²) in [6.45, 7) is 2.69. The maximum atomic E-state index is 12.9. The summed E-state index contributed by atoms with van der Waals surface area (Å²) >= 11 is 6.22. The van der Waals surface area contributed by atoms with Crippen LogP contribution in [0.25, 0.3) is 0 Å². The first kappa shape index (κ1) is 21.4. The van der Waals surface area contributed by atoms with Crippen LogP contribution in [0.1, 0.15) is 62.2 Å². The Bertz CT molecular complexity index is 672. The standard InChI is InChI=1S/C20H29ClN2O4/c1-4-5-11-22-19(25)20(9-7-6-8-10-20)23-18(24)14-12-15(21)17(27-3)16(13-14)26-2/h12-13H,4-11H2,1-3H3,(H,22,25)(H,23,24). The Kier molecular flexibility index (Phi) is 7.78. The fraction of sp³-hybridized carbons (Fsp3) is 0.600. The maximum Gasteiger partial charge on any atom is 0.252 e. The quantitative estimate of drug-likeness (QED) is 0.657. The lowest BCUT2D eigenvalue weighted by Gasteiger charge is -2.36. The fourth-order valence-corrected chi connectivity index (χ4v) is 3.74. The van der Waals surface area contributed by atoms with E-state index < -0.39 is 5.54 Å². The van der Waals surface area contributed by atoms with Crippen LogP contribution in [0, 0.1) is 0 Å². The molecule has 1 aromatic carbocycles. The first-order valence-electron chi connectivity index (χ1n) is 9.49. The average molecular weight is 397 g/mol. The number of unbranched alkanes of at least 4 members (excludes halogenated alkanes) is 1. The van der Waals surface area contributed by atoms with Crippen molar-refractivity contribution < 1.29 is 19.1 Å². The molecule has 150 valence electrons. The number of carbonyl (C=O) groups is 2. The van der Waals surface area contributed by atoms with E-state index in [1.165, 1.54) is 20.3 Å². The lowest BCUT2D eigenvalue weighted by atomic mass is 9.80. The smallest absolute Gasteiger partial charge is 0.252 e. The molecule has 0 aromatic heterocycles. The molecule has 0 bridgehead atoms. The Labute approximate surface area is 165 Å². The molecule has 2 N–H and O–H groups in total. The Morgan fingerprint density at radius 1 is 1.15 bits per heavy atom. The van der Waals surface area contributed by atoms with Gasteiger partial charge in [0.15, 0.2) is 11.5 Å². The zero-order chi connectivity index (χ0) is 19.9. The summed E-state index contributed by atoms with van der Waals surface area (Å²) in [6, 6.07) is 3.11. The molecule has 2 amide bonds. The number of hydrogen-bond donors (Lipinski definition) is 2. The minimum absolute atomic E-state index is 0.101. The highest BCUT2D eigenvalue weighted by Crippen LogP contribution is 2.36. The summed E-state index contributed by atoms with van der Waals surface area (Å²) in [4.78, 5) is 25.8. The summed E-state index contributed by atoms with van der Waals surface area (Å²) in [6.07, 6.45) is 6.09. The van der Waals surface area contributed by atoms with Crippen molar-refractivity contribution in [3.05, 3.63) is 22.7 Å². The first-order valence-corrected chi connectivity index (χ1v) is 9.87. The van der Waals surface area contributed by atoms with E-state index in [1.54, 1.807) is 6.07 Å². The van der Waals surface area contributed by atoms with Crippen LogP contribution in [-0.4, -0.2) is 38.1 Å². The molecule has 0 spiro atoms. The summed E-state index contributed by atoms with van der Waals surface area (Å²) in [5.41, 5.74) is -0.535. The molecule has 1 aromatic rings. The van der Waals surface area contributed by atoms with Crippen LogP contribution in [0.4, 0.5) is 0 Å². The van der Waals surface area contributed by atoms with Gasteiger partial charge in [0.25, 0.3) is 5.91 Å². The van der Waals surface area contributed by atoms with Gasteiger partial charge >= 0.3 is 0 Å². The molecular weight excluding hydrogens is 368 g/mol. The Morgan fingerprint density at radius 3 is 2.44 bits per heavy atom. The number of hydrogen-bond acceptors (Lipinski definition) is 4. The maximum absolute atomic E-state index is 12.9. The molecular formula is C20H29ClN2O4. The molecule has 27 heavy (non-hydrogen) atoms. The van der Waals surface area contributed by atoms with Crippen molar-refractivity contribution in [1.29, 1.82) is 0 Å². The summed E-state index contributed by atoms with van der Waals surface area (Å²) in [5, 5.41) is 6.25. The van der Waals surface area contributed by atoms with Crippen molar-refractivity contribution in [2.45, 2.75) is 57.4 Å². The number of halogens is 1. The third kappa shape index (κ3) is 5.06. The van der Waals surface area contributed by atoms with Gasteiger partial charge in [-0.2, -0.15) is 0 Å². The van der Waals surface area contributed by atoms with Gasteiger partial charge in [0.2, 0.25) is 5.91 Å². The second-order valence-electron chi connectivity index (χ2n) is 6.90. The number of benzene rings is 1. The second kappa shape index (κ2) is 9.83. The molecule has 1 saturated carbocycles. The van der Waals surface area contributed by atoms with Gasteiger partial charge in [-0.3, -0.25) is 9.59 Å². The van der Waals surface area contributed by atoms with Gasteiger partial charge in [-0.25, -0.2) is 0 Å². The molecule has 6 nitrogen and oxygen atoms in total. The van der Waals surface area contributed by atoms with E-state index in [4.69, 9.17) is 21.1 Å². The van der Waals surface area contributed by atoms with Crippen LogP contribution in [0.2, 0.25) is 5.02 Å². The van der Waals surface area contributed by atoms with Gasteiger partial charge in [-0.15, -0.1) is 0 Å². The van der Waals surface area contributed by atoms with Crippen LogP contribution in [0.5, 0.6) is 11.5 Å². The van der Waals surface area contributed by atoms with Crippen LogP contribution in [-0.2, 0) is 4.79 Å². The van der Waals surface area contributed by atoms with E-state index in [9.17, 15) is 9.59 Å². The molecule has 0 saturated heterocycles. The highest BCUT2D eigenvalue weighted by atomic mass is 35.5. The van der Waals surface area contributed by atoms with Crippen molar-refractivity contribution in [1.82, 2.24) is 10.6 Å². The van der Waals surface area contributed by atoms with Crippen molar-refractivity contribution in [3.63, 3.8) is 0 Å². The number of amides is 2. The fourth-order valence-electron chi connectivity index (χ4n) is 3.45. The number of methoxy groups -OCH3 is 2. The molecule has 1 aliphatic carbocycles. The van der Waals surface area contributed by atoms with Crippen LogP contribution >= 0.6 is 11.6 Å². The normalized spacial score (nSPS) is 15.7. The topological polar surface area (TPSA) is 76.7 Å². The number of rotatable bonds is 8. The Hall–Kier alpha value is -1.95. The molecule has 0 radical (unpaired) electrons. The largest absolute Gasteiger partial charge is 0.493 e.